The highest BCUT2D eigenvalue weighted by atomic mass is 16.5. The topological polar surface area (TPSA) is 92.5 Å². The number of piperazine rings is 1. The zero-order valence-corrected chi connectivity index (χ0v) is 19.4. The highest BCUT2D eigenvalue weighted by Crippen LogP contribution is 2.20. The number of hydrogen-bond acceptors (Lipinski definition) is 6. The molecule has 0 bridgehead atoms. The van der Waals surface area contributed by atoms with Gasteiger partial charge >= 0.3 is 0 Å². The summed E-state index contributed by atoms with van der Waals surface area (Å²) in [6.45, 7) is 9.70. The van der Waals surface area contributed by atoms with Gasteiger partial charge in [-0.3, -0.25) is 4.79 Å². The Kier molecular flexibility index (Phi) is 13.5. The number of nitrogens with two attached hydrogens (primary N) is 1. The Bertz CT molecular complexity index is 724. The van der Waals surface area contributed by atoms with Gasteiger partial charge in [-0.15, -0.1) is 0 Å². The summed E-state index contributed by atoms with van der Waals surface area (Å²) in [5.74, 6) is 1.06. The first kappa shape index (κ1) is 26.2. The molecular weight excluding hydrogens is 390 g/mol. The third-order valence-electron chi connectivity index (χ3n) is 4.34. The van der Waals surface area contributed by atoms with Gasteiger partial charge in [-0.25, -0.2) is 4.98 Å². The smallest absolute Gasteiger partial charge is 0.233 e. The number of ether oxygens (including phenoxy) is 1. The van der Waals surface area contributed by atoms with Crippen molar-refractivity contribution in [3.8, 4) is 5.75 Å². The molecule has 31 heavy (non-hydrogen) atoms. The summed E-state index contributed by atoms with van der Waals surface area (Å²) in [7, 11) is 1.80. The minimum Gasteiger partial charge on any atom is -0.486 e. The van der Waals surface area contributed by atoms with Crippen LogP contribution in [-0.4, -0.2) is 55.6 Å². The van der Waals surface area contributed by atoms with Crippen LogP contribution < -0.4 is 21.1 Å². The molecular formula is C24H39N5O2. The SMILES string of the molecule is CC/C=C(/N)C=CC(/C=C/COc1cccnc1NC)C(=O)N1CCNCC1.CCC. The molecule has 2 heterocycles. The van der Waals surface area contributed by atoms with Crippen molar-refractivity contribution in [2.45, 2.75) is 33.6 Å². The molecule has 1 aliphatic heterocycles. The first-order valence-corrected chi connectivity index (χ1v) is 11.1. The second-order valence-electron chi connectivity index (χ2n) is 7.12. The fourth-order valence-electron chi connectivity index (χ4n) is 2.88. The van der Waals surface area contributed by atoms with E-state index in [1.807, 2.05) is 48.3 Å². The third-order valence-corrected chi connectivity index (χ3v) is 4.34. The van der Waals surface area contributed by atoms with Crippen LogP contribution in [0.4, 0.5) is 5.82 Å². The number of allylic oxidation sites excluding steroid dienone is 2. The zero-order valence-electron chi connectivity index (χ0n) is 19.4. The predicted molar refractivity (Wildman–Crippen MR) is 129 cm³/mol. The Morgan fingerprint density at radius 3 is 2.68 bits per heavy atom. The summed E-state index contributed by atoms with van der Waals surface area (Å²) in [6, 6.07) is 3.67. The Morgan fingerprint density at radius 2 is 2.03 bits per heavy atom. The van der Waals surface area contributed by atoms with E-state index in [0.717, 1.165) is 32.6 Å². The monoisotopic (exact) mass is 429 g/mol. The van der Waals surface area contributed by atoms with E-state index in [1.54, 1.807) is 19.3 Å². The summed E-state index contributed by atoms with van der Waals surface area (Å²) in [4.78, 5) is 19.0. The largest absolute Gasteiger partial charge is 0.486 e. The van der Waals surface area contributed by atoms with Crippen molar-refractivity contribution >= 4 is 11.7 Å². The van der Waals surface area contributed by atoms with Gasteiger partial charge in [0.15, 0.2) is 11.6 Å². The summed E-state index contributed by atoms with van der Waals surface area (Å²) in [6.07, 6.45) is 13.1. The van der Waals surface area contributed by atoms with E-state index in [-0.39, 0.29) is 11.8 Å². The number of carbonyl (C=O) groups excluding carboxylic acids is 1. The molecule has 7 heteroatoms. The molecule has 4 N–H and O–H groups in total. The van der Waals surface area contributed by atoms with Gasteiger partial charge in [-0.2, -0.15) is 0 Å². The van der Waals surface area contributed by atoms with Crippen molar-refractivity contribution in [2.24, 2.45) is 11.7 Å². The maximum atomic E-state index is 12.9. The molecule has 1 fully saturated rings. The van der Waals surface area contributed by atoms with Gasteiger partial charge < -0.3 is 26.0 Å². The van der Waals surface area contributed by atoms with Crippen LogP contribution in [0.1, 0.15) is 33.6 Å². The van der Waals surface area contributed by atoms with E-state index < -0.39 is 0 Å². The molecule has 7 nitrogen and oxygen atoms in total. The maximum absolute atomic E-state index is 12.9. The minimum absolute atomic E-state index is 0.0793. The fourth-order valence-corrected chi connectivity index (χ4v) is 2.88. The number of nitrogens with one attached hydrogen (secondary N) is 2. The van der Waals surface area contributed by atoms with Gasteiger partial charge in [-0.1, -0.05) is 51.5 Å². The van der Waals surface area contributed by atoms with Crippen molar-refractivity contribution in [2.75, 3.05) is 45.2 Å². The molecule has 0 radical (unpaired) electrons. The van der Waals surface area contributed by atoms with Crippen LogP contribution in [0.3, 0.4) is 0 Å². The molecule has 1 aromatic heterocycles. The number of amides is 1. The van der Waals surface area contributed by atoms with Crippen LogP contribution in [0.15, 0.2) is 54.4 Å². The Balaban J connectivity index is 0.00000151. The van der Waals surface area contributed by atoms with Crippen LogP contribution in [-0.2, 0) is 4.79 Å². The summed E-state index contributed by atoms with van der Waals surface area (Å²) < 4.78 is 5.76. The van der Waals surface area contributed by atoms with Gasteiger partial charge in [-0.05, 0) is 24.6 Å². The van der Waals surface area contributed by atoms with Gasteiger partial charge in [0, 0.05) is 45.1 Å². The van der Waals surface area contributed by atoms with Gasteiger partial charge in [0.1, 0.15) is 6.61 Å². The number of pyridine rings is 1. The lowest BCUT2D eigenvalue weighted by Gasteiger charge is -2.29. The van der Waals surface area contributed by atoms with Crippen LogP contribution in [0.25, 0.3) is 0 Å². The quantitative estimate of drug-likeness (QED) is 0.412. The van der Waals surface area contributed by atoms with Crippen molar-refractivity contribution in [1.29, 1.82) is 0 Å². The molecule has 1 aliphatic rings. The average molecular weight is 430 g/mol. The second kappa shape index (κ2) is 16.0. The van der Waals surface area contributed by atoms with E-state index in [0.29, 0.717) is 23.9 Å². The molecule has 2 rings (SSSR count). The van der Waals surface area contributed by atoms with E-state index in [4.69, 9.17) is 10.5 Å². The normalized spacial score (nSPS) is 15.5. The van der Waals surface area contributed by atoms with E-state index in [2.05, 4.69) is 29.5 Å². The second-order valence-corrected chi connectivity index (χ2v) is 7.12. The zero-order chi connectivity index (χ0) is 22.9. The standard InChI is InChI=1S/C21H31N5O2.C3H8/c1-3-6-18(22)10-9-17(21(27)26-14-12-24-13-15-26)7-5-16-28-19-8-4-11-25-20(19)23-2;1-3-2/h4-11,17,24H,3,12-16,22H2,1-2H3,(H,23,25);3H2,1-2H3/b7-5+,10-9?,18-6+;. The Labute approximate surface area is 187 Å². The lowest BCUT2D eigenvalue weighted by atomic mass is 10.1. The van der Waals surface area contributed by atoms with E-state index >= 15 is 0 Å². The van der Waals surface area contributed by atoms with Gasteiger partial charge in [0.2, 0.25) is 5.91 Å². The van der Waals surface area contributed by atoms with Crippen molar-refractivity contribution in [3.63, 3.8) is 0 Å². The van der Waals surface area contributed by atoms with Crippen molar-refractivity contribution in [1.82, 2.24) is 15.2 Å². The molecule has 1 amide bonds. The number of rotatable bonds is 9. The molecule has 0 spiro atoms. The predicted octanol–water partition coefficient (Wildman–Crippen LogP) is 3.33. The minimum atomic E-state index is -0.372. The Morgan fingerprint density at radius 1 is 1.32 bits per heavy atom. The highest BCUT2D eigenvalue weighted by molar-refractivity contribution is 5.82. The molecule has 0 saturated carbocycles. The highest BCUT2D eigenvalue weighted by Gasteiger charge is 2.21. The summed E-state index contributed by atoms with van der Waals surface area (Å²) in [5.41, 5.74) is 6.62. The van der Waals surface area contributed by atoms with E-state index in [9.17, 15) is 4.79 Å². The molecule has 0 aliphatic carbocycles. The van der Waals surface area contributed by atoms with Crippen molar-refractivity contribution in [3.05, 3.63) is 54.4 Å². The molecule has 0 aromatic carbocycles. The van der Waals surface area contributed by atoms with Crippen LogP contribution in [0, 0.1) is 5.92 Å². The average Bonchev–Trinajstić information content (AvgIpc) is 2.79. The molecule has 1 atom stereocenters. The number of anilines is 1. The molecule has 1 saturated heterocycles. The molecule has 1 unspecified atom stereocenters. The molecule has 172 valence electrons. The number of aromatic nitrogens is 1. The Hall–Kier alpha value is -2.80. The van der Waals surface area contributed by atoms with Crippen LogP contribution >= 0.6 is 0 Å². The van der Waals surface area contributed by atoms with Gasteiger partial charge in [0.05, 0.1) is 5.92 Å². The number of nitrogens with zero attached hydrogens (tertiary/aromatic N) is 2. The number of carbonyl (C=O) groups is 1. The first-order valence-electron chi connectivity index (χ1n) is 11.1. The number of hydrogen-bond donors (Lipinski definition) is 3. The van der Waals surface area contributed by atoms with E-state index in [1.165, 1.54) is 6.42 Å². The lowest BCUT2D eigenvalue weighted by molar-refractivity contribution is -0.133. The maximum Gasteiger partial charge on any atom is 0.233 e. The van der Waals surface area contributed by atoms with Crippen LogP contribution in [0.2, 0.25) is 0 Å². The first-order chi connectivity index (χ1) is 15.1. The third kappa shape index (κ3) is 10.2. The fraction of sp³-hybridized carbons (Fsp3) is 0.500. The summed E-state index contributed by atoms with van der Waals surface area (Å²) >= 11 is 0. The van der Waals surface area contributed by atoms with Gasteiger partial charge in [0.25, 0.3) is 0 Å². The lowest BCUT2D eigenvalue weighted by Crippen LogP contribution is -2.48. The van der Waals surface area contributed by atoms with Crippen molar-refractivity contribution < 1.29 is 9.53 Å². The summed E-state index contributed by atoms with van der Waals surface area (Å²) in [5, 5.41) is 6.26. The van der Waals surface area contributed by atoms with Crippen LogP contribution in [0.5, 0.6) is 5.75 Å². The molecule has 1 aromatic rings.